The van der Waals surface area contributed by atoms with Crippen molar-refractivity contribution in [3.8, 4) is 0 Å². The number of hydrogen-bond donors (Lipinski definition) is 2. The van der Waals surface area contributed by atoms with Crippen LogP contribution in [0.15, 0.2) is 50.2 Å². The number of carboxylic acid groups (broad SMARTS) is 1. The van der Waals surface area contributed by atoms with Gasteiger partial charge in [-0.3, -0.25) is 14.5 Å². The molecule has 3 N–H and O–H groups in total. The molecule has 35 heavy (non-hydrogen) atoms. The predicted molar refractivity (Wildman–Crippen MR) is 121 cm³/mol. The van der Waals surface area contributed by atoms with Crippen LogP contribution in [0.25, 0.3) is 10.8 Å². The number of β-lactam (4-membered cyclic amide) rings is 1. The van der Waals surface area contributed by atoms with Crippen molar-refractivity contribution >= 4 is 63.4 Å². The number of oxime groups is 1. The van der Waals surface area contributed by atoms with Crippen molar-refractivity contribution in [3.63, 3.8) is 0 Å². The number of nitrogen functional groups attached to an aromatic ring is 1. The molecule has 1 saturated heterocycles. The van der Waals surface area contributed by atoms with Crippen molar-refractivity contribution in [2.75, 3.05) is 18.6 Å². The summed E-state index contributed by atoms with van der Waals surface area (Å²) >= 11 is 2.91. The van der Waals surface area contributed by atoms with Crippen molar-refractivity contribution in [2.24, 2.45) is 5.16 Å². The first-order valence-electron chi connectivity index (χ1n) is 10.1. The number of carbonyl (C=O) groups is 3. The lowest BCUT2D eigenvalue weighted by molar-refractivity contribution is -0.687. The quantitative estimate of drug-likeness (QED) is 0.165. The Morgan fingerprint density at radius 2 is 2.23 bits per heavy atom. The first-order valence-corrected chi connectivity index (χ1v) is 12.1. The molecule has 0 spiro atoms. The number of rotatable bonds is 7. The van der Waals surface area contributed by atoms with Crippen LogP contribution in [0, 0.1) is 0 Å². The van der Waals surface area contributed by atoms with Gasteiger partial charge in [0.05, 0.1) is 17.1 Å². The SMILES string of the molecule is CON=C(C(=O)NC1C(=O)N2C(C(=O)[O-])=C(C[n+]3ccc4cscc4c3)CS[C@H]12)c1noc(N)n1. The van der Waals surface area contributed by atoms with Crippen molar-refractivity contribution < 1.29 is 33.4 Å². The molecule has 0 aliphatic carbocycles. The average molecular weight is 516 g/mol. The Bertz CT molecular complexity index is 1410. The number of carboxylic acids is 1. The Morgan fingerprint density at radius 1 is 1.43 bits per heavy atom. The molecule has 3 aromatic heterocycles. The number of carbonyl (C=O) groups excluding carboxylic acids is 3. The van der Waals surface area contributed by atoms with Crippen LogP contribution < -0.4 is 20.7 Å². The summed E-state index contributed by atoms with van der Waals surface area (Å²) < 4.78 is 6.52. The number of hydrogen-bond acceptors (Lipinski definition) is 12. The highest BCUT2D eigenvalue weighted by atomic mass is 32.2. The fraction of sp³-hybridized carbons (Fsp3) is 0.250. The maximum atomic E-state index is 12.9. The molecule has 2 atom stereocenters. The standard InChI is InChI=1S/C20H17N7O6S2/c1-32-24-12(15-23-20(21)33-25-15)16(28)22-13-17(29)27-14(19(30)31)11(8-35-18(13)27)5-26-3-2-9-6-34-7-10(9)4-26/h2-4,6-7,13,18H,5,8H2,1H3,(H3-,21,22,23,25,28,30,31)/t13?,18-/m1/s1. The van der Waals surface area contributed by atoms with Crippen molar-refractivity contribution in [1.29, 1.82) is 0 Å². The molecule has 13 nitrogen and oxygen atoms in total. The van der Waals surface area contributed by atoms with Gasteiger partial charge in [-0.05, 0) is 5.38 Å². The maximum absolute atomic E-state index is 12.9. The molecule has 0 aromatic carbocycles. The summed E-state index contributed by atoms with van der Waals surface area (Å²) in [6, 6.07) is 0.669. The minimum absolute atomic E-state index is 0.182. The number of amides is 2. The Morgan fingerprint density at radius 3 is 2.94 bits per heavy atom. The largest absolute Gasteiger partial charge is 0.543 e. The lowest BCUT2D eigenvalue weighted by atomic mass is 10.0. The first kappa shape index (κ1) is 22.8. The minimum atomic E-state index is -1.45. The number of fused-ring (bicyclic) bond motifs is 2. The third-order valence-corrected chi connectivity index (χ3v) is 7.55. The van der Waals surface area contributed by atoms with Gasteiger partial charge in [0.1, 0.15) is 18.5 Å². The third-order valence-electron chi connectivity index (χ3n) is 5.43. The second-order valence-electron chi connectivity index (χ2n) is 7.58. The molecular formula is C20H17N7O6S2. The van der Waals surface area contributed by atoms with E-state index in [-0.39, 0.29) is 29.8 Å². The van der Waals surface area contributed by atoms with Crippen LogP contribution in [0.1, 0.15) is 5.82 Å². The van der Waals surface area contributed by atoms with Gasteiger partial charge in [-0.15, -0.1) is 11.8 Å². The van der Waals surface area contributed by atoms with Crippen LogP contribution in [-0.4, -0.2) is 62.8 Å². The van der Waals surface area contributed by atoms with Crippen molar-refractivity contribution in [3.05, 3.63) is 46.3 Å². The highest BCUT2D eigenvalue weighted by Gasteiger charge is 2.53. The van der Waals surface area contributed by atoms with Crippen LogP contribution in [0.5, 0.6) is 0 Å². The van der Waals surface area contributed by atoms with Gasteiger partial charge in [0.15, 0.2) is 18.9 Å². The first-order chi connectivity index (χ1) is 16.9. The predicted octanol–water partition coefficient (Wildman–Crippen LogP) is -1.39. The summed E-state index contributed by atoms with van der Waals surface area (Å²) in [7, 11) is 1.22. The highest BCUT2D eigenvalue weighted by molar-refractivity contribution is 8.00. The van der Waals surface area contributed by atoms with Crippen LogP contribution in [0.3, 0.4) is 0 Å². The zero-order chi connectivity index (χ0) is 24.7. The Labute approximate surface area is 205 Å². The number of pyridine rings is 1. The number of thiophene rings is 1. The summed E-state index contributed by atoms with van der Waals surface area (Å²) in [5.74, 6) is -2.74. The number of nitrogens with one attached hydrogen (secondary N) is 1. The summed E-state index contributed by atoms with van der Waals surface area (Å²) in [5, 5.41) is 27.2. The molecule has 2 aliphatic heterocycles. The van der Waals surface area contributed by atoms with Crippen molar-refractivity contribution in [2.45, 2.75) is 18.0 Å². The molecule has 1 fully saturated rings. The molecule has 2 aliphatic rings. The third kappa shape index (κ3) is 4.08. The van der Waals surface area contributed by atoms with Crippen LogP contribution >= 0.6 is 23.1 Å². The molecule has 5 rings (SSSR count). The molecule has 3 aromatic rings. The number of anilines is 1. The van der Waals surface area contributed by atoms with Gasteiger partial charge in [0.25, 0.3) is 11.8 Å². The second-order valence-corrected chi connectivity index (χ2v) is 9.43. The van der Waals surface area contributed by atoms with Gasteiger partial charge in [-0.25, -0.2) is 4.57 Å². The zero-order valence-electron chi connectivity index (χ0n) is 18.0. The highest BCUT2D eigenvalue weighted by Crippen LogP contribution is 2.40. The van der Waals surface area contributed by atoms with Crippen LogP contribution in [0.4, 0.5) is 6.01 Å². The van der Waals surface area contributed by atoms with Gasteiger partial charge in [0.2, 0.25) is 11.5 Å². The van der Waals surface area contributed by atoms with E-state index in [1.54, 1.807) is 11.3 Å². The Kier molecular flexibility index (Phi) is 5.86. The smallest absolute Gasteiger partial charge is 0.319 e. The number of thioether (sulfide) groups is 1. The van der Waals surface area contributed by atoms with E-state index < -0.39 is 29.2 Å². The van der Waals surface area contributed by atoms with E-state index in [1.807, 2.05) is 33.8 Å². The minimum Gasteiger partial charge on any atom is -0.543 e. The van der Waals surface area contributed by atoms with E-state index in [0.29, 0.717) is 11.3 Å². The summed E-state index contributed by atoms with van der Waals surface area (Å²) in [4.78, 5) is 47.3. The van der Waals surface area contributed by atoms with Crippen LogP contribution in [0.2, 0.25) is 0 Å². The van der Waals surface area contributed by atoms with Crippen molar-refractivity contribution in [1.82, 2.24) is 20.4 Å². The number of nitrogens with zero attached hydrogens (tertiary/aromatic N) is 5. The van der Waals surface area contributed by atoms with E-state index in [2.05, 4.69) is 30.0 Å². The zero-order valence-corrected chi connectivity index (χ0v) is 19.7. The van der Waals surface area contributed by atoms with Gasteiger partial charge < -0.3 is 30.3 Å². The van der Waals surface area contributed by atoms with E-state index in [9.17, 15) is 19.5 Å². The molecule has 2 amide bonds. The molecular weight excluding hydrogens is 498 g/mol. The summed E-state index contributed by atoms with van der Waals surface area (Å²) in [6.07, 6.45) is 3.78. The molecule has 15 heteroatoms. The molecule has 0 radical (unpaired) electrons. The fourth-order valence-corrected chi connectivity index (χ4v) is 5.99. The normalized spacial score (nSPS) is 20.0. The maximum Gasteiger partial charge on any atom is 0.319 e. The molecule has 0 bridgehead atoms. The lowest BCUT2D eigenvalue weighted by Gasteiger charge is -2.50. The number of aromatic nitrogens is 3. The van der Waals surface area contributed by atoms with Gasteiger partial charge in [-0.2, -0.15) is 16.3 Å². The Balaban J connectivity index is 1.36. The molecule has 180 valence electrons. The van der Waals surface area contributed by atoms with E-state index >= 15 is 0 Å². The summed E-state index contributed by atoms with van der Waals surface area (Å²) in [5.41, 5.74) is 5.40. The van der Waals surface area contributed by atoms with Crippen LogP contribution in [-0.2, 0) is 25.8 Å². The number of aliphatic carboxylic acids is 1. The topological polar surface area (TPSA) is 180 Å². The lowest BCUT2D eigenvalue weighted by Crippen LogP contribution is -2.71. The summed E-state index contributed by atoms with van der Waals surface area (Å²) in [6.45, 7) is 0.277. The molecule has 1 unspecified atom stereocenters. The average Bonchev–Trinajstić information content (AvgIpc) is 3.48. The fourth-order valence-electron chi connectivity index (χ4n) is 3.88. The van der Waals surface area contributed by atoms with E-state index in [1.165, 1.54) is 18.9 Å². The van der Waals surface area contributed by atoms with Gasteiger partial charge in [0, 0.05) is 28.2 Å². The van der Waals surface area contributed by atoms with Gasteiger partial charge in [-0.1, -0.05) is 10.3 Å². The Hall–Kier alpha value is -3.98. The van der Waals surface area contributed by atoms with Gasteiger partial charge >= 0.3 is 6.01 Å². The number of nitrogens with two attached hydrogens (primary N) is 1. The van der Waals surface area contributed by atoms with E-state index in [4.69, 9.17) is 5.73 Å². The molecule has 0 saturated carbocycles. The monoisotopic (exact) mass is 515 g/mol. The molecule has 5 heterocycles. The van der Waals surface area contributed by atoms with E-state index in [0.717, 1.165) is 15.7 Å². The second kappa shape index (κ2) is 8.99.